The van der Waals surface area contributed by atoms with Crippen LogP contribution in [0, 0.1) is 0 Å². The van der Waals surface area contributed by atoms with Gasteiger partial charge in [0, 0.05) is 25.2 Å². The van der Waals surface area contributed by atoms with Crippen molar-refractivity contribution < 1.29 is 0 Å². The molecule has 1 aromatic rings. The van der Waals surface area contributed by atoms with Gasteiger partial charge in [0.15, 0.2) is 0 Å². The highest BCUT2D eigenvalue weighted by molar-refractivity contribution is 5.33. The highest BCUT2D eigenvalue weighted by Crippen LogP contribution is 2.35. The molecule has 2 aliphatic heterocycles. The average Bonchev–Trinajstić information content (AvgIpc) is 2.29. The topological polar surface area (TPSA) is 29.3 Å². The summed E-state index contributed by atoms with van der Waals surface area (Å²) in [5.74, 6) is 0. The van der Waals surface area contributed by atoms with E-state index in [9.17, 15) is 0 Å². The maximum atomic E-state index is 6.07. The molecule has 1 fully saturated rings. The largest absolute Gasteiger partial charge is 0.328 e. The fraction of sp³-hybridized carbons (Fsp3) is 0.538. The van der Waals surface area contributed by atoms with Crippen LogP contribution >= 0.6 is 0 Å². The quantitative estimate of drug-likeness (QED) is 0.694. The molecule has 1 saturated heterocycles. The summed E-state index contributed by atoms with van der Waals surface area (Å²) in [7, 11) is 0. The second-order valence-corrected chi connectivity index (χ2v) is 4.79. The summed E-state index contributed by atoms with van der Waals surface area (Å²) in [6.45, 7) is 2.40. The van der Waals surface area contributed by atoms with Crippen LogP contribution in [-0.2, 0) is 6.42 Å². The molecule has 2 heteroatoms. The number of benzene rings is 1. The van der Waals surface area contributed by atoms with Crippen LogP contribution in [0.2, 0.25) is 0 Å². The SMILES string of the molecule is N[C@@H]1CCN2CCc3ccccc3[C@@H]2C1. The Morgan fingerprint density at radius 1 is 1.20 bits per heavy atom. The Morgan fingerprint density at radius 2 is 2.07 bits per heavy atom. The van der Waals surface area contributed by atoms with Gasteiger partial charge in [-0.05, 0) is 30.4 Å². The van der Waals surface area contributed by atoms with E-state index in [1.54, 1.807) is 0 Å². The molecule has 80 valence electrons. The van der Waals surface area contributed by atoms with Crippen molar-refractivity contribution in [1.29, 1.82) is 0 Å². The Morgan fingerprint density at radius 3 is 3.00 bits per heavy atom. The number of fused-ring (bicyclic) bond motifs is 3. The molecule has 1 aromatic carbocycles. The zero-order valence-corrected chi connectivity index (χ0v) is 9.02. The van der Waals surface area contributed by atoms with Gasteiger partial charge in [0.25, 0.3) is 0 Å². The van der Waals surface area contributed by atoms with Crippen molar-refractivity contribution in [3.8, 4) is 0 Å². The minimum Gasteiger partial charge on any atom is -0.328 e. The second-order valence-electron chi connectivity index (χ2n) is 4.79. The van der Waals surface area contributed by atoms with E-state index in [0.717, 1.165) is 6.42 Å². The predicted molar refractivity (Wildman–Crippen MR) is 61.7 cm³/mol. The number of hydrogen-bond acceptors (Lipinski definition) is 2. The summed E-state index contributed by atoms with van der Waals surface area (Å²) >= 11 is 0. The van der Waals surface area contributed by atoms with Gasteiger partial charge in [0.2, 0.25) is 0 Å². The number of piperidine rings is 1. The van der Waals surface area contributed by atoms with Crippen molar-refractivity contribution in [2.45, 2.75) is 31.3 Å². The van der Waals surface area contributed by atoms with Gasteiger partial charge in [-0.15, -0.1) is 0 Å². The van der Waals surface area contributed by atoms with E-state index in [2.05, 4.69) is 29.2 Å². The first-order chi connectivity index (χ1) is 7.34. The lowest BCUT2D eigenvalue weighted by Crippen LogP contribution is -2.45. The van der Waals surface area contributed by atoms with Crippen LogP contribution in [0.5, 0.6) is 0 Å². The van der Waals surface area contributed by atoms with Crippen LogP contribution in [0.4, 0.5) is 0 Å². The third kappa shape index (κ3) is 1.58. The summed E-state index contributed by atoms with van der Waals surface area (Å²) in [6, 6.07) is 9.85. The van der Waals surface area contributed by atoms with Gasteiger partial charge in [0.1, 0.15) is 0 Å². The van der Waals surface area contributed by atoms with Crippen LogP contribution < -0.4 is 5.73 Å². The molecule has 0 aliphatic carbocycles. The number of hydrogen-bond donors (Lipinski definition) is 1. The number of nitrogens with zero attached hydrogens (tertiary/aromatic N) is 1. The maximum absolute atomic E-state index is 6.07. The van der Waals surface area contributed by atoms with Crippen molar-refractivity contribution in [3.63, 3.8) is 0 Å². The summed E-state index contributed by atoms with van der Waals surface area (Å²) in [5.41, 5.74) is 9.13. The van der Waals surface area contributed by atoms with Crippen molar-refractivity contribution in [1.82, 2.24) is 4.90 Å². The molecule has 0 spiro atoms. The van der Waals surface area contributed by atoms with Gasteiger partial charge in [-0.2, -0.15) is 0 Å². The van der Waals surface area contributed by atoms with Gasteiger partial charge in [-0.25, -0.2) is 0 Å². The van der Waals surface area contributed by atoms with E-state index in [-0.39, 0.29) is 0 Å². The second kappa shape index (κ2) is 3.62. The Kier molecular flexibility index (Phi) is 2.26. The normalized spacial score (nSPS) is 30.7. The number of nitrogens with two attached hydrogens (primary N) is 1. The van der Waals surface area contributed by atoms with Gasteiger partial charge in [-0.3, -0.25) is 4.90 Å². The van der Waals surface area contributed by atoms with Crippen LogP contribution in [-0.4, -0.2) is 24.0 Å². The monoisotopic (exact) mass is 202 g/mol. The maximum Gasteiger partial charge on any atom is 0.0365 e. The van der Waals surface area contributed by atoms with E-state index in [0.29, 0.717) is 12.1 Å². The minimum absolute atomic E-state index is 0.400. The lowest BCUT2D eigenvalue weighted by atomic mass is 9.85. The molecule has 2 atom stereocenters. The third-order valence-electron chi connectivity index (χ3n) is 3.84. The van der Waals surface area contributed by atoms with E-state index < -0.39 is 0 Å². The molecule has 0 radical (unpaired) electrons. The predicted octanol–water partition coefficient (Wildman–Crippen LogP) is 1.71. The van der Waals surface area contributed by atoms with E-state index in [4.69, 9.17) is 5.73 Å². The minimum atomic E-state index is 0.400. The van der Waals surface area contributed by atoms with E-state index in [1.165, 1.54) is 37.1 Å². The van der Waals surface area contributed by atoms with E-state index in [1.807, 2.05) is 0 Å². The van der Waals surface area contributed by atoms with Crippen molar-refractivity contribution in [2.24, 2.45) is 5.73 Å². The Balaban J connectivity index is 1.96. The van der Waals surface area contributed by atoms with Gasteiger partial charge < -0.3 is 5.73 Å². The van der Waals surface area contributed by atoms with Crippen LogP contribution in [0.25, 0.3) is 0 Å². The first-order valence-electron chi connectivity index (χ1n) is 5.92. The van der Waals surface area contributed by atoms with Crippen LogP contribution in [0.15, 0.2) is 24.3 Å². The zero-order valence-electron chi connectivity index (χ0n) is 9.02. The average molecular weight is 202 g/mol. The molecule has 15 heavy (non-hydrogen) atoms. The Bertz CT molecular complexity index is 361. The molecule has 0 bridgehead atoms. The summed E-state index contributed by atoms with van der Waals surface area (Å²) < 4.78 is 0. The molecule has 2 aliphatic rings. The summed E-state index contributed by atoms with van der Waals surface area (Å²) in [4.78, 5) is 2.60. The van der Waals surface area contributed by atoms with Crippen LogP contribution in [0.3, 0.4) is 0 Å². The molecule has 0 aromatic heterocycles. The first-order valence-corrected chi connectivity index (χ1v) is 5.92. The standard InChI is InChI=1S/C13H18N2/c14-11-6-8-15-7-5-10-3-1-2-4-12(10)13(15)9-11/h1-4,11,13H,5-9,14H2/t11-,13+/m1/s1. The summed E-state index contributed by atoms with van der Waals surface area (Å²) in [5, 5.41) is 0. The van der Waals surface area contributed by atoms with Gasteiger partial charge in [0.05, 0.1) is 0 Å². The Labute approximate surface area is 91.1 Å². The number of rotatable bonds is 0. The molecular formula is C13H18N2. The lowest BCUT2D eigenvalue weighted by molar-refractivity contribution is 0.126. The molecule has 0 amide bonds. The Hall–Kier alpha value is -0.860. The van der Waals surface area contributed by atoms with Gasteiger partial charge >= 0.3 is 0 Å². The lowest BCUT2D eigenvalue weighted by Gasteiger charge is -2.42. The zero-order chi connectivity index (χ0) is 10.3. The molecule has 2 heterocycles. The molecule has 3 rings (SSSR count). The van der Waals surface area contributed by atoms with Crippen molar-refractivity contribution >= 4 is 0 Å². The van der Waals surface area contributed by atoms with Crippen molar-refractivity contribution in [3.05, 3.63) is 35.4 Å². The fourth-order valence-electron chi connectivity index (χ4n) is 2.98. The molecule has 2 N–H and O–H groups in total. The molecule has 2 nitrogen and oxygen atoms in total. The highest BCUT2D eigenvalue weighted by atomic mass is 15.2. The molecular weight excluding hydrogens is 184 g/mol. The van der Waals surface area contributed by atoms with Crippen LogP contribution in [0.1, 0.15) is 30.0 Å². The smallest absolute Gasteiger partial charge is 0.0365 e. The molecule has 0 unspecified atom stereocenters. The summed E-state index contributed by atoms with van der Waals surface area (Å²) in [6.07, 6.45) is 3.51. The van der Waals surface area contributed by atoms with Crippen molar-refractivity contribution in [2.75, 3.05) is 13.1 Å². The molecule has 0 saturated carbocycles. The van der Waals surface area contributed by atoms with E-state index >= 15 is 0 Å². The highest BCUT2D eigenvalue weighted by Gasteiger charge is 2.31. The first kappa shape index (κ1) is 9.37. The van der Waals surface area contributed by atoms with Gasteiger partial charge in [-0.1, -0.05) is 24.3 Å². The third-order valence-corrected chi connectivity index (χ3v) is 3.84. The fourth-order valence-corrected chi connectivity index (χ4v) is 2.98.